The van der Waals surface area contributed by atoms with Crippen molar-refractivity contribution in [1.29, 1.82) is 0 Å². The van der Waals surface area contributed by atoms with Gasteiger partial charge in [-0.05, 0) is 25.5 Å². The number of hydrogen-bond donors (Lipinski definition) is 1. The third kappa shape index (κ3) is 4.55. The summed E-state index contributed by atoms with van der Waals surface area (Å²) in [7, 11) is 1.58. The summed E-state index contributed by atoms with van der Waals surface area (Å²) in [5.41, 5.74) is 0.219. The summed E-state index contributed by atoms with van der Waals surface area (Å²) in [5.74, 6) is 0.116. The fourth-order valence-corrected chi connectivity index (χ4v) is 2.90. The number of carbonyl (C=O) groups excluding carboxylic acids is 1. The highest BCUT2D eigenvalue weighted by Gasteiger charge is 2.14. The maximum absolute atomic E-state index is 12.6. The molecule has 0 radical (unpaired) electrons. The van der Waals surface area contributed by atoms with Gasteiger partial charge < -0.3 is 10.1 Å². The van der Waals surface area contributed by atoms with Crippen LogP contribution in [0.1, 0.15) is 20.3 Å². The second-order valence-corrected chi connectivity index (χ2v) is 6.33. The van der Waals surface area contributed by atoms with Crippen LogP contribution in [0, 0.1) is 0 Å². The Hall–Kier alpha value is -1.93. The number of fused-ring (bicyclic) bond motifs is 1. The van der Waals surface area contributed by atoms with Gasteiger partial charge >= 0.3 is 0 Å². The highest BCUT2D eigenvalue weighted by Crippen LogP contribution is 2.16. The Morgan fingerprint density at radius 2 is 2.29 bits per heavy atom. The van der Waals surface area contributed by atoms with Crippen molar-refractivity contribution >= 4 is 28.7 Å². The van der Waals surface area contributed by atoms with Crippen LogP contribution in [0.2, 0.25) is 0 Å². The molecule has 0 saturated carbocycles. The molecule has 1 N–H and O–H groups in total. The second kappa shape index (κ2) is 8.79. The largest absolute Gasteiger partial charge is 0.383 e. The lowest BCUT2D eigenvalue weighted by molar-refractivity contribution is -0.119. The van der Waals surface area contributed by atoms with Crippen LogP contribution in [-0.4, -0.2) is 46.0 Å². The van der Waals surface area contributed by atoms with Crippen LogP contribution < -0.4 is 10.9 Å². The van der Waals surface area contributed by atoms with Gasteiger partial charge in [0.25, 0.3) is 5.56 Å². The van der Waals surface area contributed by atoms with Crippen molar-refractivity contribution in [3.05, 3.63) is 28.7 Å². The lowest BCUT2D eigenvalue weighted by Crippen LogP contribution is -2.33. The average Bonchev–Trinajstić information content (AvgIpc) is 2.59. The van der Waals surface area contributed by atoms with E-state index < -0.39 is 0 Å². The second-order valence-electron chi connectivity index (χ2n) is 5.38. The normalized spacial score (nSPS) is 12.3. The van der Waals surface area contributed by atoms with E-state index in [1.165, 1.54) is 16.3 Å². The molecule has 7 nitrogen and oxygen atoms in total. The van der Waals surface area contributed by atoms with Gasteiger partial charge in [-0.1, -0.05) is 18.7 Å². The predicted molar refractivity (Wildman–Crippen MR) is 94.3 cm³/mol. The smallest absolute Gasteiger partial charge is 0.263 e. The zero-order chi connectivity index (χ0) is 17.5. The van der Waals surface area contributed by atoms with Gasteiger partial charge in [0.05, 0.1) is 24.3 Å². The van der Waals surface area contributed by atoms with Crippen molar-refractivity contribution in [3.8, 4) is 0 Å². The zero-order valence-corrected chi connectivity index (χ0v) is 14.9. The van der Waals surface area contributed by atoms with Gasteiger partial charge in [-0.25, -0.2) is 9.97 Å². The summed E-state index contributed by atoms with van der Waals surface area (Å²) in [4.78, 5) is 33.2. The summed E-state index contributed by atoms with van der Waals surface area (Å²) in [5, 5.41) is 3.83. The number of methoxy groups -OCH3 is 1. The van der Waals surface area contributed by atoms with Gasteiger partial charge in [0.15, 0.2) is 10.8 Å². The molecule has 0 spiro atoms. The fourth-order valence-electron chi connectivity index (χ4n) is 2.07. The number of ether oxygens (including phenoxy) is 1. The predicted octanol–water partition coefficient (Wildman–Crippen LogP) is 1.44. The van der Waals surface area contributed by atoms with Crippen LogP contribution >= 0.6 is 11.8 Å². The fraction of sp³-hybridized carbons (Fsp3) is 0.500. The molecule has 0 aliphatic heterocycles. The molecule has 1 amide bonds. The molecule has 1 atom stereocenters. The molecule has 0 fully saturated rings. The molecular weight excluding hydrogens is 328 g/mol. The number of thioether (sulfide) groups is 1. The summed E-state index contributed by atoms with van der Waals surface area (Å²) in [6.07, 6.45) is 2.46. The van der Waals surface area contributed by atoms with Crippen LogP contribution in [0.25, 0.3) is 11.0 Å². The van der Waals surface area contributed by atoms with Crippen LogP contribution in [0.3, 0.4) is 0 Å². The molecule has 130 valence electrons. The summed E-state index contributed by atoms with van der Waals surface area (Å²) in [6.45, 7) is 4.73. The molecule has 2 rings (SSSR count). The maximum atomic E-state index is 12.6. The van der Waals surface area contributed by atoms with Gasteiger partial charge in [0.1, 0.15) is 0 Å². The molecule has 0 aliphatic carbocycles. The third-order valence-electron chi connectivity index (χ3n) is 3.57. The standard InChI is InChI=1S/C16H22N4O3S/c1-4-11(2)18-13(21)10-24-16-19-14-12(6-5-7-17-14)15(22)20(16)8-9-23-3/h5-7,11H,4,8-10H2,1-3H3,(H,18,21)/t11-/m1/s1. The molecule has 2 aromatic heterocycles. The number of amides is 1. The number of hydrogen-bond acceptors (Lipinski definition) is 6. The molecule has 0 aliphatic rings. The first-order chi connectivity index (χ1) is 11.6. The number of nitrogens with one attached hydrogen (secondary N) is 1. The van der Waals surface area contributed by atoms with Crippen LogP contribution in [0.5, 0.6) is 0 Å². The number of carbonyl (C=O) groups is 1. The number of rotatable bonds is 8. The first-order valence-corrected chi connectivity index (χ1v) is 8.82. The van der Waals surface area contributed by atoms with Gasteiger partial charge in [-0.15, -0.1) is 0 Å². The molecule has 24 heavy (non-hydrogen) atoms. The van der Waals surface area contributed by atoms with E-state index in [2.05, 4.69) is 15.3 Å². The zero-order valence-electron chi connectivity index (χ0n) is 14.1. The van der Waals surface area contributed by atoms with Crippen molar-refractivity contribution in [3.63, 3.8) is 0 Å². The Balaban J connectivity index is 2.26. The molecule has 0 aromatic carbocycles. The van der Waals surface area contributed by atoms with E-state index >= 15 is 0 Å². The summed E-state index contributed by atoms with van der Waals surface area (Å²) in [6, 6.07) is 3.53. The maximum Gasteiger partial charge on any atom is 0.263 e. The highest BCUT2D eigenvalue weighted by atomic mass is 32.2. The van der Waals surface area contributed by atoms with Crippen molar-refractivity contribution in [2.24, 2.45) is 0 Å². The molecule has 0 saturated heterocycles. The minimum Gasteiger partial charge on any atom is -0.383 e. The Morgan fingerprint density at radius 3 is 3.00 bits per heavy atom. The quantitative estimate of drug-likeness (QED) is 0.573. The Labute approximate surface area is 144 Å². The number of nitrogens with zero attached hydrogens (tertiary/aromatic N) is 3. The molecule has 8 heteroatoms. The van der Waals surface area contributed by atoms with E-state index in [-0.39, 0.29) is 23.3 Å². The first kappa shape index (κ1) is 18.4. The van der Waals surface area contributed by atoms with E-state index in [9.17, 15) is 9.59 Å². The van der Waals surface area contributed by atoms with Gasteiger partial charge in [-0.3, -0.25) is 14.2 Å². The van der Waals surface area contributed by atoms with Crippen molar-refractivity contribution in [2.45, 2.75) is 38.0 Å². The molecule has 0 unspecified atom stereocenters. The molecule has 0 bridgehead atoms. The van der Waals surface area contributed by atoms with Crippen molar-refractivity contribution in [1.82, 2.24) is 19.9 Å². The van der Waals surface area contributed by atoms with Crippen LogP contribution in [-0.2, 0) is 16.1 Å². The Kier molecular flexibility index (Phi) is 6.74. The van der Waals surface area contributed by atoms with E-state index in [4.69, 9.17) is 4.74 Å². The first-order valence-electron chi connectivity index (χ1n) is 7.83. The molecule has 2 aromatic rings. The van der Waals surface area contributed by atoms with E-state index in [0.717, 1.165) is 6.42 Å². The Bertz CT molecular complexity index is 763. The Morgan fingerprint density at radius 1 is 1.50 bits per heavy atom. The lowest BCUT2D eigenvalue weighted by Gasteiger charge is -2.13. The molecule has 2 heterocycles. The SMILES string of the molecule is CC[C@@H](C)NC(=O)CSc1nc2ncccc2c(=O)n1CCOC. The number of aromatic nitrogens is 3. The van der Waals surface area contributed by atoms with Crippen molar-refractivity contribution < 1.29 is 9.53 Å². The van der Waals surface area contributed by atoms with Gasteiger partial charge in [0, 0.05) is 19.3 Å². The summed E-state index contributed by atoms with van der Waals surface area (Å²) < 4.78 is 6.61. The number of pyridine rings is 1. The highest BCUT2D eigenvalue weighted by molar-refractivity contribution is 7.99. The topological polar surface area (TPSA) is 86.1 Å². The van der Waals surface area contributed by atoms with Gasteiger partial charge in [0.2, 0.25) is 5.91 Å². The van der Waals surface area contributed by atoms with Crippen molar-refractivity contribution in [2.75, 3.05) is 19.5 Å². The van der Waals surface area contributed by atoms with E-state index in [1.54, 1.807) is 25.4 Å². The average molecular weight is 350 g/mol. The lowest BCUT2D eigenvalue weighted by atomic mass is 10.3. The minimum atomic E-state index is -0.171. The minimum absolute atomic E-state index is 0.0805. The van der Waals surface area contributed by atoms with Crippen LogP contribution in [0.15, 0.2) is 28.3 Å². The molecular formula is C16H22N4O3S. The van der Waals surface area contributed by atoms with E-state index in [0.29, 0.717) is 29.3 Å². The third-order valence-corrected chi connectivity index (χ3v) is 4.54. The summed E-state index contributed by atoms with van der Waals surface area (Å²) >= 11 is 1.23. The van der Waals surface area contributed by atoms with Gasteiger partial charge in [-0.2, -0.15) is 0 Å². The monoisotopic (exact) mass is 350 g/mol. The van der Waals surface area contributed by atoms with E-state index in [1.807, 2.05) is 13.8 Å². The van der Waals surface area contributed by atoms with Crippen LogP contribution in [0.4, 0.5) is 0 Å².